The van der Waals surface area contributed by atoms with Gasteiger partial charge >= 0.3 is 5.97 Å². The molecule has 0 aromatic rings. The summed E-state index contributed by atoms with van der Waals surface area (Å²) in [4.78, 5) is 26.4. The highest BCUT2D eigenvalue weighted by Gasteiger charge is 2.52. The van der Waals surface area contributed by atoms with Crippen LogP contribution in [0.1, 0.15) is 135 Å². The van der Waals surface area contributed by atoms with Gasteiger partial charge in [-0.1, -0.05) is 103 Å². The van der Waals surface area contributed by atoms with Crippen molar-refractivity contribution in [1.29, 1.82) is 0 Å². The van der Waals surface area contributed by atoms with Gasteiger partial charge in [0.25, 0.3) is 0 Å². The number of carbonyl (C=O) groups excluding carboxylic acids is 2. The fourth-order valence-corrected chi connectivity index (χ4v) is 5.06. The van der Waals surface area contributed by atoms with Gasteiger partial charge in [-0.3, -0.25) is 9.59 Å². The van der Waals surface area contributed by atoms with Gasteiger partial charge in [-0.25, -0.2) is 0 Å². The van der Waals surface area contributed by atoms with Crippen LogP contribution >= 0.6 is 0 Å². The van der Waals surface area contributed by atoms with E-state index in [1.807, 2.05) is 0 Å². The Balaban J connectivity index is 6.27. The number of hydrogen-bond acceptors (Lipinski definition) is 3. The highest BCUT2D eigenvalue weighted by atomic mass is 16.5. The van der Waals surface area contributed by atoms with Gasteiger partial charge in [0.05, 0.1) is 12.5 Å². The summed E-state index contributed by atoms with van der Waals surface area (Å²) in [6, 6.07) is 0. The minimum atomic E-state index is -0.369. The smallest absolute Gasteiger partial charge is 0.309 e. The zero-order valence-electron chi connectivity index (χ0n) is 25.1. The van der Waals surface area contributed by atoms with E-state index in [1.54, 1.807) is 0 Å². The number of rotatable bonds is 15. The first-order valence-corrected chi connectivity index (χ1v) is 13.7. The SMILES string of the molecule is CCC(C)(C)CC(C(N)=O)C(C)(C)C(C)(CC)CC(C(=O)OCCC(C)(C)C)C(C)(CC)CC. The summed E-state index contributed by atoms with van der Waals surface area (Å²) in [5, 5.41) is 0. The van der Waals surface area contributed by atoms with Crippen molar-refractivity contribution in [3.05, 3.63) is 0 Å². The molecule has 1 amide bonds. The predicted octanol–water partition coefficient (Wildman–Crippen LogP) is 8.17. The van der Waals surface area contributed by atoms with E-state index in [0.29, 0.717) is 13.0 Å². The molecule has 34 heavy (non-hydrogen) atoms. The minimum absolute atomic E-state index is 0.0260. The molecule has 0 saturated carbocycles. The Morgan fingerprint density at radius 3 is 1.59 bits per heavy atom. The molecule has 0 fully saturated rings. The Morgan fingerprint density at radius 2 is 1.24 bits per heavy atom. The van der Waals surface area contributed by atoms with Crippen molar-refractivity contribution in [2.75, 3.05) is 6.61 Å². The first-order valence-electron chi connectivity index (χ1n) is 13.7. The molecule has 0 spiro atoms. The Hall–Kier alpha value is -1.06. The van der Waals surface area contributed by atoms with Crippen molar-refractivity contribution in [3.8, 4) is 0 Å². The molecule has 0 bridgehead atoms. The molecule has 3 unspecified atom stereocenters. The monoisotopic (exact) mass is 481 g/mol. The molecular weight excluding hydrogens is 422 g/mol. The van der Waals surface area contributed by atoms with Crippen LogP contribution in [0.2, 0.25) is 0 Å². The van der Waals surface area contributed by atoms with Gasteiger partial charge < -0.3 is 10.5 Å². The molecule has 0 radical (unpaired) electrons. The van der Waals surface area contributed by atoms with E-state index in [4.69, 9.17) is 10.5 Å². The maximum absolute atomic E-state index is 13.6. The fraction of sp³-hybridized carbons (Fsp3) is 0.933. The number of nitrogens with two attached hydrogens (primary N) is 1. The summed E-state index contributed by atoms with van der Waals surface area (Å²) in [5.74, 6) is -0.807. The van der Waals surface area contributed by atoms with E-state index in [-0.39, 0.29) is 50.8 Å². The summed E-state index contributed by atoms with van der Waals surface area (Å²) >= 11 is 0. The van der Waals surface area contributed by atoms with Crippen LogP contribution in [0.4, 0.5) is 0 Å². The summed E-state index contributed by atoms with van der Waals surface area (Å²) < 4.78 is 5.91. The highest BCUT2D eigenvalue weighted by molar-refractivity contribution is 5.78. The zero-order valence-corrected chi connectivity index (χ0v) is 25.1. The van der Waals surface area contributed by atoms with Gasteiger partial charge in [0.2, 0.25) is 5.91 Å². The molecule has 0 aliphatic rings. The average Bonchev–Trinajstić information content (AvgIpc) is 2.73. The molecule has 4 heteroatoms. The molecule has 0 saturated heterocycles. The van der Waals surface area contributed by atoms with Crippen LogP contribution in [0, 0.1) is 38.9 Å². The van der Waals surface area contributed by atoms with Crippen molar-refractivity contribution in [3.63, 3.8) is 0 Å². The lowest BCUT2D eigenvalue weighted by Crippen LogP contribution is -2.50. The van der Waals surface area contributed by atoms with Crippen LogP contribution in [0.25, 0.3) is 0 Å². The summed E-state index contributed by atoms with van der Waals surface area (Å²) in [7, 11) is 0. The van der Waals surface area contributed by atoms with E-state index in [1.165, 1.54) is 0 Å². The van der Waals surface area contributed by atoms with E-state index in [9.17, 15) is 9.59 Å². The first kappa shape index (κ1) is 32.9. The normalized spacial score (nSPS) is 17.1. The summed E-state index contributed by atoms with van der Waals surface area (Å²) in [6.45, 7) is 28.9. The lowest BCUT2D eigenvalue weighted by molar-refractivity contribution is -0.158. The second-order valence-corrected chi connectivity index (χ2v) is 13.9. The van der Waals surface area contributed by atoms with Crippen molar-refractivity contribution in [2.24, 2.45) is 44.6 Å². The van der Waals surface area contributed by atoms with Crippen LogP contribution in [0.15, 0.2) is 0 Å². The van der Waals surface area contributed by atoms with E-state index in [2.05, 4.69) is 90.0 Å². The lowest BCUT2D eigenvalue weighted by atomic mass is 9.52. The zero-order chi connectivity index (χ0) is 27.2. The van der Waals surface area contributed by atoms with Crippen molar-refractivity contribution >= 4 is 11.9 Å². The van der Waals surface area contributed by atoms with Crippen molar-refractivity contribution in [2.45, 2.75) is 135 Å². The third kappa shape index (κ3) is 8.55. The number of amides is 1. The topological polar surface area (TPSA) is 69.4 Å². The standard InChI is InChI=1S/C30H59NO3/c1-14-27(8,9)20-22(24(31)32)28(10,11)30(13,17-4)21-23(29(12,15-2)16-3)25(33)34-19-18-26(5,6)7/h22-23H,14-21H2,1-13H3,(H2,31,32). The Bertz CT molecular complexity index is 654. The van der Waals surface area contributed by atoms with Crippen LogP contribution in [-0.4, -0.2) is 18.5 Å². The molecule has 0 aliphatic heterocycles. The third-order valence-electron chi connectivity index (χ3n) is 9.76. The van der Waals surface area contributed by atoms with Gasteiger partial charge in [-0.05, 0) is 59.2 Å². The number of carbonyl (C=O) groups is 2. The van der Waals surface area contributed by atoms with E-state index in [0.717, 1.165) is 38.5 Å². The number of ether oxygens (including phenoxy) is 1. The average molecular weight is 482 g/mol. The summed E-state index contributed by atoms with van der Waals surface area (Å²) in [6.07, 6.45) is 5.96. The second-order valence-electron chi connectivity index (χ2n) is 13.9. The molecule has 0 rings (SSSR count). The lowest BCUT2D eigenvalue weighted by Gasteiger charge is -2.52. The third-order valence-corrected chi connectivity index (χ3v) is 9.76. The Labute approximate surface area is 212 Å². The van der Waals surface area contributed by atoms with Gasteiger partial charge in [-0.15, -0.1) is 0 Å². The summed E-state index contributed by atoms with van der Waals surface area (Å²) in [5.41, 5.74) is 5.41. The first-order chi connectivity index (χ1) is 15.3. The molecule has 202 valence electrons. The molecule has 2 N–H and O–H groups in total. The molecule has 4 nitrogen and oxygen atoms in total. The molecule has 0 aromatic heterocycles. The van der Waals surface area contributed by atoms with Crippen molar-refractivity contribution < 1.29 is 14.3 Å². The molecule has 0 aliphatic carbocycles. The second kappa shape index (κ2) is 12.3. The molecule has 3 atom stereocenters. The highest BCUT2D eigenvalue weighted by Crippen LogP contribution is 2.56. The van der Waals surface area contributed by atoms with Crippen molar-refractivity contribution in [1.82, 2.24) is 0 Å². The fourth-order valence-electron chi connectivity index (χ4n) is 5.06. The molecule has 0 heterocycles. The van der Waals surface area contributed by atoms with Crippen LogP contribution in [0.5, 0.6) is 0 Å². The number of primary amides is 1. The van der Waals surface area contributed by atoms with E-state index >= 15 is 0 Å². The number of hydrogen-bond donors (Lipinski definition) is 1. The van der Waals surface area contributed by atoms with Gasteiger partial charge in [-0.2, -0.15) is 0 Å². The maximum atomic E-state index is 13.6. The van der Waals surface area contributed by atoms with Crippen LogP contribution in [-0.2, 0) is 14.3 Å². The largest absolute Gasteiger partial charge is 0.465 e. The van der Waals surface area contributed by atoms with Crippen LogP contribution in [0.3, 0.4) is 0 Å². The van der Waals surface area contributed by atoms with Crippen LogP contribution < -0.4 is 5.73 Å². The molecule has 0 aromatic carbocycles. The van der Waals surface area contributed by atoms with Gasteiger partial charge in [0.15, 0.2) is 0 Å². The Kier molecular flexibility index (Phi) is 11.9. The predicted molar refractivity (Wildman–Crippen MR) is 145 cm³/mol. The van der Waals surface area contributed by atoms with Gasteiger partial charge in [0, 0.05) is 5.92 Å². The molecular formula is C30H59NO3. The Morgan fingerprint density at radius 1 is 0.735 bits per heavy atom. The maximum Gasteiger partial charge on any atom is 0.309 e. The van der Waals surface area contributed by atoms with E-state index < -0.39 is 0 Å². The van der Waals surface area contributed by atoms with Gasteiger partial charge in [0.1, 0.15) is 0 Å². The quantitative estimate of drug-likeness (QED) is 0.240. The minimum Gasteiger partial charge on any atom is -0.465 e. The number of esters is 1.